The van der Waals surface area contributed by atoms with Gasteiger partial charge >= 0.3 is 5.97 Å². The number of benzene rings is 1. The minimum Gasteiger partial charge on any atom is -0.465 e. The van der Waals surface area contributed by atoms with Crippen molar-refractivity contribution in [2.75, 3.05) is 7.11 Å². The monoisotopic (exact) mass is 273 g/mol. The third-order valence-corrected chi connectivity index (χ3v) is 2.78. The Morgan fingerprint density at radius 3 is 2.45 bits per heavy atom. The highest BCUT2D eigenvalue weighted by Crippen LogP contribution is 2.06. The Morgan fingerprint density at radius 1 is 1.25 bits per heavy atom. The Bertz CT molecular complexity index is 617. The zero-order valence-electron chi connectivity index (χ0n) is 11.3. The molecule has 0 saturated heterocycles. The minimum absolute atomic E-state index is 0.203. The first-order valence-electron chi connectivity index (χ1n) is 6.04. The number of aromatic nitrogens is 2. The average Bonchev–Trinajstić information content (AvgIpc) is 2.89. The van der Waals surface area contributed by atoms with Crippen LogP contribution in [0.5, 0.6) is 0 Å². The van der Waals surface area contributed by atoms with Crippen LogP contribution in [0.15, 0.2) is 36.7 Å². The SMILES string of the molecule is COC(=O)c1ccc(C(=O)NCc2cnn(C)c2)cc1. The normalized spacial score (nSPS) is 10.1. The van der Waals surface area contributed by atoms with Crippen molar-refractivity contribution in [1.82, 2.24) is 15.1 Å². The van der Waals surface area contributed by atoms with E-state index >= 15 is 0 Å². The molecular weight excluding hydrogens is 258 g/mol. The standard InChI is InChI=1S/C14H15N3O3/c1-17-9-10(8-16-17)7-15-13(18)11-3-5-12(6-4-11)14(19)20-2/h3-6,8-9H,7H2,1-2H3,(H,15,18). The minimum atomic E-state index is -0.424. The quantitative estimate of drug-likeness (QED) is 0.848. The van der Waals surface area contributed by atoms with Crippen molar-refractivity contribution in [3.8, 4) is 0 Å². The first-order valence-corrected chi connectivity index (χ1v) is 6.04. The molecule has 2 aromatic rings. The molecule has 0 aliphatic carbocycles. The maximum atomic E-state index is 11.9. The summed E-state index contributed by atoms with van der Waals surface area (Å²) in [4.78, 5) is 23.2. The lowest BCUT2D eigenvalue weighted by molar-refractivity contribution is 0.0600. The second kappa shape index (κ2) is 6.01. The van der Waals surface area contributed by atoms with Gasteiger partial charge in [0.1, 0.15) is 0 Å². The van der Waals surface area contributed by atoms with Crippen molar-refractivity contribution >= 4 is 11.9 Å². The van der Waals surface area contributed by atoms with Crippen molar-refractivity contribution in [2.24, 2.45) is 7.05 Å². The molecule has 0 unspecified atom stereocenters. The molecule has 0 atom stereocenters. The Morgan fingerprint density at radius 2 is 1.90 bits per heavy atom. The zero-order valence-corrected chi connectivity index (χ0v) is 11.3. The number of hydrogen-bond acceptors (Lipinski definition) is 4. The van der Waals surface area contributed by atoms with Gasteiger partial charge < -0.3 is 10.1 Å². The van der Waals surface area contributed by atoms with Crippen LogP contribution in [-0.4, -0.2) is 28.8 Å². The van der Waals surface area contributed by atoms with Crippen molar-refractivity contribution < 1.29 is 14.3 Å². The Kier molecular flexibility index (Phi) is 4.14. The Labute approximate surface area is 116 Å². The molecule has 0 aliphatic rings. The zero-order chi connectivity index (χ0) is 14.5. The topological polar surface area (TPSA) is 73.2 Å². The molecule has 1 aromatic heterocycles. The number of carbonyl (C=O) groups excluding carboxylic acids is 2. The number of nitrogens with one attached hydrogen (secondary N) is 1. The maximum Gasteiger partial charge on any atom is 0.337 e. The second-order valence-corrected chi connectivity index (χ2v) is 4.27. The van der Waals surface area contributed by atoms with Gasteiger partial charge in [0.05, 0.1) is 18.9 Å². The summed E-state index contributed by atoms with van der Waals surface area (Å²) in [5.74, 6) is -0.627. The maximum absolute atomic E-state index is 11.9. The van der Waals surface area contributed by atoms with Crippen LogP contribution >= 0.6 is 0 Å². The fourth-order valence-electron chi connectivity index (χ4n) is 1.72. The molecule has 2 rings (SSSR count). The fourth-order valence-corrected chi connectivity index (χ4v) is 1.72. The van der Waals surface area contributed by atoms with Crippen molar-refractivity contribution in [2.45, 2.75) is 6.54 Å². The molecule has 0 radical (unpaired) electrons. The van der Waals surface area contributed by atoms with Crippen molar-refractivity contribution in [1.29, 1.82) is 0 Å². The number of hydrogen-bond donors (Lipinski definition) is 1. The van der Waals surface area contributed by atoms with E-state index in [1.54, 1.807) is 35.1 Å². The summed E-state index contributed by atoms with van der Waals surface area (Å²) in [7, 11) is 3.13. The first kappa shape index (κ1) is 13.8. The summed E-state index contributed by atoms with van der Waals surface area (Å²) in [6.07, 6.45) is 3.53. The smallest absolute Gasteiger partial charge is 0.337 e. The van der Waals surface area contributed by atoms with E-state index in [9.17, 15) is 9.59 Å². The first-order chi connectivity index (χ1) is 9.60. The van der Waals surface area contributed by atoms with Gasteiger partial charge in [-0.15, -0.1) is 0 Å². The van der Waals surface area contributed by atoms with Gasteiger partial charge in [-0.1, -0.05) is 0 Å². The summed E-state index contributed by atoms with van der Waals surface area (Å²) in [5, 5.41) is 6.80. The van der Waals surface area contributed by atoms with E-state index < -0.39 is 5.97 Å². The molecule has 20 heavy (non-hydrogen) atoms. The van der Waals surface area contributed by atoms with Crippen molar-refractivity contribution in [3.05, 3.63) is 53.3 Å². The molecule has 104 valence electrons. The third kappa shape index (κ3) is 3.23. The molecule has 1 heterocycles. The number of esters is 1. The molecular formula is C14H15N3O3. The van der Waals surface area contributed by atoms with Gasteiger partial charge in [-0.2, -0.15) is 5.10 Å². The molecule has 1 amide bonds. The van der Waals surface area contributed by atoms with Crippen LogP contribution in [0.3, 0.4) is 0 Å². The molecule has 6 heteroatoms. The molecule has 1 N–H and O–H groups in total. The lowest BCUT2D eigenvalue weighted by Gasteiger charge is -2.04. The highest BCUT2D eigenvalue weighted by molar-refractivity contribution is 5.96. The highest BCUT2D eigenvalue weighted by Gasteiger charge is 2.09. The lowest BCUT2D eigenvalue weighted by Crippen LogP contribution is -2.22. The average molecular weight is 273 g/mol. The number of nitrogens with zero attached hydrogens (tertiary/aromatic N) is 2. The van der Waals surface area contributed by atoms with Gasteiger partial charge in [-0.3, -0.25) is 9.48 Å². The van der Waals surface area contributed by atoms with E-state index in [1.165, 1.54) is 7.11 Å². The van der Waals surface area contributed by atoms with Crippen LogP contribution in [0, 0.1) is 0 Å². The summed E-state index contributed by atoms with van der Waals surface area (Å²) in [5.41, 5.74) is 1.82. The molecule has 0 aliphatic heterocycles. The van der Waals surface area contributed by atoms with Gasteiger partial charge in [-0.25, -0.2) is 4.79 Å². The van der Waals surface area contributed by atoms with Crippen LogP contribution in [-0.2, 0) is 18.3 Å². The third-order valence-electron chi connectivity index (χ3n) is 2.78. The summed E-state index contributed by atoms with van der Waals surface area (Å²) in [6, 6.07) is 6.30. The molecule has 0 bridgehead atoms. The summed E-state index contributed by atoms with van der Waals surface area (Å²) in [6.45, 7) is 0.408. The highest BCUT2D eigenvalue weighted by atomic mass is 16.5. The number of aryl methyl sites for hydroxylation is 1. The van der Waals surface area contributed by atoms with E-state index in [1.807, 2.05) is 13.2 Å². The van der Waals surface area contributed by atoms with Gasteiger partial charge in [0.2, 0.25) is 0 Å². The summed E-state index contributed by atoms with van der Waals surface area (Å²) < 4.78 is 6.27. The van der Waals surface area contributed by atoms with Gasteiger partial charge in [0.25, 0.3) is 5.91 Å². The number of ether oxygens (including phenoxy) is 1. The van der Waals surface area contributed by atoms with Crippen molar-refractivity contribution in [3.63, 3.8) is 0 Å². The van der Waals surface area contributed by atoms with Crippen LogP contribution in [0.2, 0.25) is 0 Å². The molecule has 6 nitrogen and oxygen atoms in total. The Balaban J connectivity index is 1.97. The van der Waals surface area contributed by atoms with E-state index in [0.717, 1.165) is 5.56 Å². The second-order valence-electron chi connectivity index (χ2n) is 4.27. The predicted octanol–water partition coefficient (Wildman–Crippen LogP) is 1.14. The van der Waals surface area contributed by atoms with E-state index in [2.05, 4.69) is 15.2 Å². The van der Waals surface area contributed by atoms with Gasteiger partial charge in [-0.05, 0) is 24.3 Å². The molecule has 0 saturated carbocycles. The molecule has 0 fully saturated rings. The largest absolute Gasteiger partial charge is 0.465 e. The number of rotatable bonds is 4. The van der Waals surface area contributed by atoms with E-state index in [4.69, 9.17) is 0 Å². The van der Waals surface area contributed by atoms with Crippen LogP contribution in [0.4, 0.5) is 0 Å². The predicted molar refractivity (Wildman–Crippen MR) is 72.2 cm³/mol. The number of amides is 1. The Hall–Kier alpha value is -2.63. The van der Waals surface area contributed by atoms with Crippen LogP contribution < -0.4 is 5.32 Å². The molecule has 1 aromatic carbocycles. The summed E-state index contributed by atoms with van der Waals surface area (Å²) >= 11 is 0. The van der Waals surface area contributed by atoms with Gasteiger partial charge in [0.15, 0.2) is 0 Å². The number of methoxy groups -OCH3 is 1. The number of carbonyl (C=O) groups is 2. The van der Waals surface area contributed by atoms with E-state index in [-0.39, 0.29) is 5.91 Å². The van der Waals surface area contributed by atoms with Crippen LogP contribution in [0.1, 0.15) is 26.3 Å². The van der Waals surface area contributed by atoms with Gasteiger partial charge in [0, 0.05) is 30.9 Å². The van der Waals surface area contributed by atoms with Crippen LogP contribution in [0.25, 0.3) is 0 Å². The lowest BCUT2D eigenvalue weighted by atomic mass is 10.1. The fraction of sp³-hybridized carbons (Fsp3) is 0.214. The van der Waals surface area contributed by atoms with E-state index in [0.29, 0.717) is 17.7 Å². The molecule has 0 spiro atoms.